The predicted molar refractivity (Wildman–Crippen MR) is 119 cm³/mol. The molecule has 0 aliphatic heterocycles. The Hall–Kier alpha value is -3.58. The van der Waals surface area contributed by atoms with Gasteiger partial charge in [0.05, 0.1) is 10.6 Å². The first kappa shape index (κ1) is 21.1. The zero-order valence-electron chi connectivity index (χ0n) is 16.5. The molecule has 0 atom stereocenters. The standard InChI is InChI=1S/C23H22N2O4S/c1-3-17-29-21-15-11-19(12-16-21)24-23(26)18-9-13-20(14-10-18)25(2)30(27,28)22-7-5-4-6-8-22/h3-16H,1,17H2,2H3,(H,24,26). The van der Waals surface area contributed by atoms with Crippen LogP contribution in [0, 0.1) is 0 Å². The number of anilines is 2. The Morgan fingerprint density at radius 3 is 2.23 bits per heavy atom. The number of nitrogens with zero attached hydrogens (tertiary/aromatic N) is 1. The number of carbonyl (C=O) groups excluding carboxylic acids is 1. The lowest BCUT2D eigenvalue weighted by atomic mass is 10.2. The molecule has 0 aliphatic rings. The highest BCUT2D eigenvalue weighted by molar-refractivity contribution is 7.92. The molecule has 3 aromatic carbocycles. The van der Waals surface area contributed by atoms with Crippen LogP contribution in [0.1, 0.15) is 10.4 Å². The normalized spacial score (nSPS) is 10.8. The number of hydrogen-bond acceptors (Lipinski definition) is 4. The maximum Gasteiger partial charge on any atom is 0.264 e. The van der Waals surface area contributed by atoms with E-state index < -0.39 is 10.0 Å². The highest BCUT2D eigenvalue weighted by atomic mass is 32.2. The van der Waals surface area contributed by atoms with Crippen molar-refractivity contribution in [2.45, 2.75) is 4.90 Å². The Labute approximate surface area is 176 Å². The van der Waals surface area contributed by atoms with Gasteiger partial charge in [-0.2, -0.15) is 0 Å². The molecule has 30 heavy (non-hydrogen) atoms. The number of rotatable bonds is 8. The summed E-state index contributed by atoms with van der Waals surface area (Å²) in [6, 6.07) is 21.6. The van der Waals surface area contributed by atoms with E-state index in [1.54, 1.807) is 84.9 Å². The van der Waals surface area contributed by atoms with Gasteiger partial charge in [0.1, 0.15) is 12.4 Å². The highest BCUT2D eigenvalue weighted by Crippen LogP contribution is 2.23. The van der Waals surface area contributed by atoms with E-state index in [1.165, 1.54) is 11.4 Å². The number of amides is 1. The average molecular weight is 423 g/mol. The van der Waals surface area contributed by atoms with Gasteiger partial charge >= 0.3 is 0 Å². The van der Waals surface area contributed by atoms with Crippen LogP contribution in [0.25, 0.3) is 0 Å². The molecule has 3 rings (SSSR count). The maximum atomic E-state index is 12.7. The molecule has 7 heteroatoms. The van der Waals surface area contributed by atoms with Crippen LogP contribution in [0.2, 0.25) is 0 Å². The fourth-order valence-corrected chi connectivity index (χ4v) is 3.92. The zero-order valence-corrected chi connectivity index (χ0v) is 17.3. The monoisotopic (exact) mass is 422 g/mol. The van der Waals surface area contributed by atoms with Crippen molar-refractivity contribution in [3.05, 3.63) is 97.1 Å². The Kier molecular flexibility index (Phi) is 6.54. The van der Waals surface area contributed by atoms with Gasteiger partial charge in [-0.15, -0.1) is 0 Å². The van der Waals surface area contributed by atoms with Crippen molar-refractivity contribution >= 4 is 27.3 Å². The van der Waals surface area contributed by atoms with Crippen molar-refractivity contribution in [1.29, 1.82) is 0 Å². The smallest absolute Gasteiger partial charge is 0.264 e. The third-order valence-corrected chi connectivity index (χ3v) is 6.17. The van der Waals surface area contributed by atoms with Gasteiger partial charge in [0.15, 0.2) is 0 Å². The van der Waals surface area contributed by atoms with Gasteiger partial charge in [-0.3, -0.25) is 9.10 Å². The minimum absolute atomic E-state index is 0.204. The lowest BCUT2D eigenvalue weighted by Crippen LogP contribution is -2.26. The summed E-state index contributed by atoms with van der Waals surface area (Å²) in [7, 11) is -2.19. The van der Waals surface area contributed by atoms with Gasteiger partial charge in [-0.25, -0.2) is 8.42 Å². The summed E-state index contributed by atoms with van der Waals surface area (Å²) < 4.78 is 32.0. The topological polar surface area (TPSA) is 75.7 Å². The summed E-state index contributed by atoms with van der Waals surface area (Å²) in [5, 5.41) is 2.80. The molecule has 0 radical (unpaired) electrons. The van der Waals surface area contributed by atoms with Gasteiger partial charge < -0.3 is 10.1 Å². The van der Waals surface area contributed by atoms with Crippen molar-refractivity contribution < 1.29 is 17.9 Å². The number of nitrogens with one attached hydrogen (secondary N) is 1. The first-order valence-corrected chi connectivity index (χ1v) is 10.6. The average Bonchev–Trinajstić information content (AvgIpc) is 2.78. The summed E-state index contributed by atoms with van der Waals surface area (Å²) >= 11 is 0. The Morgan fingerprint density at radius 2 is 1.63 bits per heavy atom. The molecule has 0 aliphatic carbocycles. The largest absolute Gasteiger partial charge is 0.490 e. The molecule has 3 aromatic rings. The quantitative estimate of drug-likeness (QED) is 0.548. The van der Waals surface area contributed by atoms with E-state index in [1.807, 2.05) is 0 Å². The van der Waals surface area contributed by atoms with Crippen molar-refractivity contribution in [2.24, 2.45) is 0 Å². The summed E-state index contributed by atoms with van der Waals surface area (Å²) in [5.74, 6) is 0.384. The van der Waals surface area contributed by atoms with Gasteiger partial charge in [0.25, 0.3) is 15.9 Å². The van der Waals surface area contributed by atoms with Gasteiger partial charge in [0, 0.05) is 18.3 Å². The zero-order chi connectivity index (χ0) is 21.6. The highest BCUT2D eigenvalue weighted by Gasteiger charge is 2.21. The molecule has 0 unspecified atom stereocenters. The van der Waals surface area contributed by atoms with Crippen molar-refractivity contribution in [2.75, 3.05) is 23.3 Å². The van der Waals surface area contributed by atoms with Crippen LogP contribution in [0.5, 0.6) is 5.75 Å². The van der Waals surface area contributed by atoms with Crippen molar-refractivity contribution in [3.63, 3.8) is 0 Å². The van der Waals surface area contributed by atoms with Crippen LogP contribution < -0.4 is 14.4 Å². The number of sulfonamides is 1. The van der Waals surface area contributed by atoms with E-state index in [4.69, 9.17) is 4.74 Å². The fourth-order valence-electron chi connectivity index (χ4n) is 2.70. The van der Waals surface area contributed by atoms with Crippen LogP contribution in [0.4, 0.5) is 11.4 Å². The predicted octanol–water partition coefficient (Wildman–Crippen LogP) is 4.33. The third kappa shape index (κ3) is 4.87. The lowest BCUT2D eigenvalue weighted by molar-refractivity contribution is 0.102. The lowest BCUT2D eigenvalue weighted by Gasteiger charge is -2.19. The minimum atomic E-state index is -3.67. The van der Waals surface area contributed by atoms with Crippen LogP contribution >= 0.6 is 0 Å². The Bertz CT molecular complexity index is 1110. The fraction of sp³-hybridized carbons (Fsp3) is 0.0870. The summed E-state index contributed by atoms with van der Waals surface area (Å²) in [6.45, 7) is 4.00. The minimum Gasteiger partial charge on any atom is -0.490 e. The Balaban J connectivity index is 1.69. The molecular weight excluding hydrogens is 400 g/mol. The van der Waals surface area contributed by atoms with Crippen LogP contribution in [0.3, 0.4) is 0 Å². The second kappa shape index (κ2) is 9.28. The first-order chi connectivity index (χ1) is 14.4. The van der Waals surface area contributed by atoms with Crippen LogP contribution in [-0.2, 0) is 10.0 Å². The number of hydrogen-bond donors (Lipinski definition) is 1. The van der Waals surface area contributed by atoms with E-state index in [-0.39, 0.29) is 10.8 Å². The van der Waals surface area contributed by atoms with E-state index in [9.17, 15) is 13.2 Å². The van der Waals surface area contributed by atoms with Crippen LogP contribution in [0.15, 0.2) is 96.4 Å². The molecule has 0 bridgehead atoms. The first-order valence-electron chi connectivity index (χ1n) is 9.21. The van der Waals surface area contributed by atoms with Gasteiger partial charge in [-0.05, 0) is 60.7 Å². The molecule has 0 fully saturated rings. The molecule has 0 saturated heterocycles. The summed E-state index contributed by atoms with van der Waals surface area (Å²) in [4.78, 5) is 12.7. The number of carbonyl (C=O) groups is 1. The van der Waals surface area contributed by atoms with Gasteiger partial charge in [0.2, 0.25) is 0 Å². The second-order valence-corrected chi connectivity index (χ2v) is 8.38. The molecular formula is C23H22N2O4S. The molecule has 0 aromatic heterocycles. The molecule has 1 amide bonds. The Morgan fingerprint density at radius 1 is 1.00 bits per heavy atom. The number of benzene rings is 3. The summed E-state index contributed by atoms with van der Waals surface area (Å²) in [6.07, 6.45) is 1.65. The molecule has 154 valence electrons. The van der Waals surface area contributed by atoms with Crippen LogP contribution in [-0.4, -0.2) is 28.0 Å². The molecule has 6 nitrogen and oxygen atoms in total. The van der Waals surface area contributed by atoms with Gasteiger partial charge in [-0.1, -0.05) is 30.9 Å². The van der Waals surface area contributed by atoms with E-state index in [2.05, 4.69) is 11.9 Å². The second-order valence-electron chi connectivity index (χ2n) is 6.41. The van der Waals surface area contributed by atoms with Crippen molar-refractivity contribution in [1.82, 2.24) is 0 Å². The van der Waals surface area contributed by atoms with E-state index in [0.717, 1.165) is 0 Å². The molecule has 0 heterocycles. The van der Waals surface area contributed by atoms with E-state index in [0.29, 0.717) is 29.3 Å². The van der Waals surface area contributed by atoms with Crippen molar-refractivity contribution in [3.8, 4) is 5.75 Å². The SMILES string of the molecule is C=CCOc1ccc(NC(=O)c2ccc(N(C)S(=O)(=O)c3ccccc3)cc2)cc1. The molecule has 0 spiro atoms. The third-order valence-electron chi connectivity index (χ3n) is 4.37. The maximum absolute atomic E-state index is 12.7. The van der Waals surface area contributed by atoms with E-state index >= 15 is 0 Å². The molecule has 0 saturated carbocycles. The number of ether oxygens (including phenoxy) is 1. The summed E-state index contributed by atoms with van der Waals surface area (Å²) in [5.41, 5.74) is 1.49. The molecule has 1 N–H and O–H groups in total.